The van der Waals surface area contributed by atoms with Crippen LogP contribution in [0.2, 0.25) is 5.02 Å². The highest BCUT2D eigenvalue weighted by Gasteiger charge is 2.57. The number of carbonyl (C=O) groups excluding carboxylic acids is 1. The van der Waals surface area contributed by atoms with Crippen LogP contribution < -0.4 is 0 Å². The fourth-order valence-corrected chi connectivity index (χ4v) is 2.36. The third-order valence-corrected chi connectivity index (χ3v) is 3.79. The second kappa shape index (κ2) is 6.43. The minimum absolute atomic E-state index is 0.0780. The molecule has 2 rings (SSSR count). The summed E-state index contributed by atoms with van der Waals surface area (Å²) in [6, 6.07) is 13.6. The molecule has 0 radical (unpaired) electrons. The minimum atomic E-state index is -4.88. The Kier molecular flexibility index (Phi) is 4.76. The number of rotatable bonds is 4. The summed E-state index contributed by atoms with van der Waals surface area (Å²) >= 11 is 5.70. The Morgan fingerprint density at radius 2 is 1.61 bits per heavy atom. The molecule has 0 spiro atoms. The lowest BCUT2D eigenvalue weighted by molar-refractivity contribution is -0.172. The summed E-state index contributed by atoms with van der Waals surface area (Å²) in [4.78, 5) is 12.3. The molecular weight excluding hydrogens is 327 g/mol. The highest BCUT2D eigenvalue weighted by Crippen LogP contribution is 2.44. The van der Waals surface area contributed by atoms with Crippen molar-refractivity contribution in [1.82, 2.24) is 0 Å². The maximum atomic E-state index is 13.6. The van der Waals surface area contributed by atoms with Gasteiger partial charge in [-0.2, -0.15) is 18.4 Å². The fraction of sp³-hybridized carbons (Fsp3) is 0.176. The zero-order chi connectivity index (χ0) is 17.1. The Morgan fingerprint density at radius 1 is 1.04 bits per heavy atom. The highest BCUT2D eigenvalue weighted by atomic mass is 35.5. The van der Waals surface area contributed by atoms with E-state index in [4.69, 9.17) is 11.6 Å². The SMILES string of the molecule is N#C[C@@](CC(=O)c1ccc(Cl)cc1)(c1ccccc1)C(F)(F)F. The molecule has 0 N–H and O–H groups in total. The topological polar surface area (TPSA) is 40.9 Å². The molecule has 0 amide bonds. The molecule has 2 nitrogen and oxygen atoms in total. The Bertz CT molecular complexity index is 735. The van der Waals surface area contributed by atoms with Gasteiger partial charge in [0.1, 0.15) is 0 Å². The predicted molar refractivity (Wildman–Crippen MR) is 80.2 cm³/mol. The van der Waals surface area contributed by atoms with Crippen molar-refractivity contribution >= 4 is 17.4 Å². The molecule has 0 unspecified atom stereocenters. The van der Waals surface area contributed by atoms with Crippen LogP contribution in [0.15, 0.2) is 54.6 Å². The van der Waals surface area contributed by atoms with E-state index in [0.29, 0.717) is 5.02 Å². The van der Waals surface area contributed by atoms with Crippen LogP contribution in [0.4, 0.5) is 13.2 Å². The molecule has 0 aliphatic rings. The number of Topliss-reactive ketones (excluding diaryl/α,β-unsaturated/α-hetero) is 1. The van der Waals surface area contributed by atoms with Gasteiger partial charge in [0.25, 0.3) is 0 Å². The number of hydrogen-bond donors (Lipinski definition) is 0. The Balaban J connectivity index is 2.46. The predicted octanol–water partition coefficient (Wildman–Crippen LogP) is 4.94. The average molecular weight is 338 g/mol. The number of hydrogen-bond acceptors (Lipinski definition) is 2. The molecular formula is C17H11ClF3NO. The van der Waals surface area contributed by atoms with Crippen molar-refractivity contribution in [3.63, 3.8) is 0 Å². The van der Waals surface area contributed by atoms with E-state index in [1.54, 1.807) is 6.07 Å². The van der Waals surface area contributed by atoms with Crippen molar-refractivity contribution in [2.24, 2.45) is 0 Å². The number of benzene rings is 2. The van der Waals surface area contributed by atoms with Crippen LogP contribution in [0.1, 0.15) is 22.3 Å². The zero-order valence-electron chi connectivity index (χ0n) is 11.8. The monoisotopic (exact) mass is 337 g/mol. The van der Waals surface area contributed by atoms with Crippen LogP contribution >= 0.6 is 11.6 Å². The third kappa shape index (κ3) is 3.38. The van der Waals surface area contributed by atoms with Crippen molar-refractivity contribution in [2.75, 3.05) is 0 Å². The zero-order valence-corrected chi connectivity index (χ0v) is 12.5. The van der Waals surface area contributed by atoms with Gasteiger partial charge in [0.2, 0.25) is 0 Å². The van der Waals surface area contributed by atoms with Gasteiger partial charge in [-0.15, -0.1) is 0 Å². The van der Waals surface area contributed by atoms with E-state index in [2.05, 4.69) is 0 Å². The van der Waals surface area contributed by atoms with Crippen LogP contribution in [0.5, 0.6) is 0 Å². The molecule has 2 aromatic carbocycles. The van der Waals surface area contributed by atoms with Crippen LogP contribution in [0, 0.1) is 11.3 Å². The summed E-state index contributed by atoms with van der Waals surface area (Å²) in [5.41, 5.74) is -3.06. The van der Waals surface area contributed by atoms with Gasteiger partial charge in [0.05, 0.1) is 6.07 Å². The van der Waals surface area contributed by atoms with Crippen LogP contribution in [0.3, 0.4) is 0 Å². The number of alkyl halides is 3. The van der Waals surface area contributed by atoms with Gasteiger partial charge >= 0.3 is 6.18 Å². The quantitative estimate of drug-likeness (QED) is 0.742. The lowest BCUT2D eigenvalue weighted by Crippen LogP contribution is -2.43. The summed E-state index contributed by atoms with van der Waals surface area (Å²) in [7, 11) is 0. The largest absolute Gasteiger partial charge is 0.411 e. The third-order valence-electron chi connectivity index (χ3n) is 3.53. The lowest BCUT2D eigenvalue weighted by Gasteiger charge is -2.29. The molecule has 23 heavy (non-hydrogen) atoms. The van der Waals surface area contributed by atoms with E-state index in [1.165, 1.54) is 54.6 Å². The van der Waals surface area contributed by atoms with E-state index in [9.17, 15) is 23.2 Å². The fourth-order valence-electron chi connectivity index (χ4n) is 2.23. The summed E-state index contributed by atoms with van der Waals surface area (Å²) in [6.07, 6.45) is -5.87. The maximum Gasteiger partial charge on any atom is 0.411 e. The summed E-state index contributed by atoms with van der Waals surface area (Å²) in [5, 5.41) is 9.63. The van der Waals surface area contributed by atoms with Crippen molar-refractivity contribution in [3.05, 3.63) is 70.7 Å². The highest BCUT2D eigenvalue weighted by molar-refractivity contribution is 6.30. The minimum Gasteiger partial charge on any atom is -0.294 e. The first-order valence-electron chi connectivity index (χ1n) is 6.62. The molecule has 0 bridgehead atoms. The number of halogens is 4. The second-order valence-electron chi connectivity index (χ2n) is 4.99. The number of nitrogens with zero attached hydrogens (tertiary/aromatic N) is 1. The summed E-state index contributed by atoms with van der Waals surface area (Å²) in [5.74, 6) is -0.774. The molecule has 118 valence electrons. The van der Waals surface area contributed by atoms with Crippen LogP contribution in [-0.2, 0) is 5.41 Å². The van der Waals surface area contributed by atoms with E-state index in [1.807, 2.05) is 0 Å². The Labute approximate surface area is 136 Å². The summed E-state index contributed by atoms with van der Waals surface area (Å²) < 4.78 is 40.8. The molecule has 0 aliphatic carbocycles. The second-order valence-corrected chi connectivity index (χ2v) is 5.42. The van der Waals surface area contributed by atoms with Crippen molar-refractivity contribution in [3.8, 4) is 6.07 Å². The van der Waals surface area contributed by atoms with Gasteiger partial charge in [0, 0.05) is 17.0 Å². The van der Waals surface area contributed by atoms with E-state index in [0.717, 1.165) is 0 Å². The number of carbonyl (C=O) groups is 1. The van der Waals surface area contributed by atoms with E-state index in [-0.39, 0.29) is 11.1 Å². The van der Waals surface area contributed by atoms with E-state index < -0.39 is 23.8 Å². The molecule has 0 aliphatic heterocycles. The molecule has 2 aromatic rings. The van der Waals surface area contributed by atoms with Crippen LogP contribution in [0.25, 0.3) is 0 Å². The number of ketones is 1. The first-order valence-corrected chi connectivity index (χ1v) is 7.00. The van der Waals surface area contributed by atoms with Crippen molar-refractivity contribution < 1.29 is 18.0 Å². The standard InChI is InChI=1S/C17H11ClF3NO/c18-14-8-6-12(7-9-14)15(23)10-16(11-22,17(19,20)21)13-4-2-1-3-5-13/h1-9H,10H2/t16-/m0/s1. The Hall–Kier alpha value is -2.32. The van der Waals surface area contributed by atoms with Gasteiger partial charge in [-0.3, -0.25) is 4.79 Å². The first-order chi connectivity index (χ1) is 10.8. The molecule has 0 heterocycles. The summed E-state index contributed by atoms with van der Waals surface area (Å²) in [6.45, 7) is 0. The van der Waals surface area contributed by atoms with Gasteiger partial charge in [-0.25, -0.2) is 0 Å². The normalized spacial score (nSPS) is 13.9. The first kappa shape index (κ1) is 17.0. The lowest BCUT2D eigenvalue weighted by atomic mass is 9.76. The molecule has 0 saturated heterocycles. The molecule has 6 heteroatoms. The van der Waals surface area contributed by atoms with Crippen molar-refractivity contribution in [2.45, 2.75) is 18.0 Å². The van der Waals surface area contributed by atoms with Crippen molar-refractivity contribution in [1.29, 1.82) is 5.26 Å². The molecule has 0 fully saturated rings. The van der Waals surface area contributed by atoms with Gasteiger partial charge in [-0.05, 0) is 29.8 Å². The van der Waals surface area contributed by atoms with Gasteiger partial charge in [-0.1, -0.05) is 41.9 Å². The van der Waals surface area contributed by atoms with Gasteiger partial charge < -0.3 is 0 Å². The van der Waals surface area contributed by atoms with Crippen LogP contribution in [-0.4, -0.2) is 12.0 Å². The molecule has 0 saturated carbocycles. The smallest absolute Gasteiger partial charge is 0.294 e. The van der Waals surface area contributed by atoms with Gasteiger partial charge in [0.15, 0.2) is 11.2 Å². The Morgan fingerprint density at radius 3 is 2.09 bits per heavy atom. The maximum absolute atomic E-state index is 13.6. The molecule has 1 atom stereocenters. The molecule has 0 aromatic heterocycles. The number of nitriles is 1. The average Bonchev–Trinajstić information content (AvgIpc) is 2.52. The van der Waals surface area contributed by atoms with E-state index >= 15 is 0 Å².